The Bertz CT molecular complexity index is 1480. The third kappa shape index (κ3) is 3.84. The smallest absolute Gasteiger partial charge is 0.274 e. The molecule has 3 aromatic heterocycles. The SMILES string of the molecule is COCc1cc(=O)n2nc(N3CCc4ncc(-c5cc(F)ccc5C)cc4C3)c(C)c(C)c2n1. The summed E-state index contributed by atoms with van der Waals surface area (Å²) in [5, 5.41) is 4.70. The molecule has 0 atom stereocenters. The fourth-order valence-corrected chi connectivity index (χ4v) is 4.55. The lowest BCUT2D eigenvalue weighted by Crippen LogP contribution is -2.34. The van der Waals surface area contributed by atoms with Crippen LogP contribution in [0.15, 0.2) is 41.3 Å². The Balaban J connectivity index is 1.55. The maximum Gasteiger partial charge on any atom is 0.274 e. The molecule has 8 heteroatoms. The Morgan fingerprint density at radius 2 is 1.94 bits per heavy atom. The predicted octanol–water partition coefficient (Wildman–Crippen LogP) is 3.92. The van der Waals surface area contributed by atoms with Crippen molar-refractivity contribution in [2.75, 3.05) is 18.6 Å². The number of fused-ring (bicyclic) bond motifs is 2. The zero-order valence-electron chi connectivity index (χ0n) is 19.7. The van der Waals surface area contributed by atoms with Crippen molar-refractivity contribution in [3.8, 4) is 11.1 Å². The van der Waals surface area contributed by atoms with E-state index in [1.54, 1.807) is 19.2 Å². The summed E-state index contributed by atoms with van der Waals surface area (Å²) in [4.78, 5) is 24.2. The molecular weight excluding hydrogens is 433 g/mol. The zero-order valence-corrected chi connectivity index (χ0v) is 19.7. The molecule has 1 aromatic carbocycles. The lowest BCUT2D eigenvalue weighted by atomic mass is 9.97. The zero-order chi connectivity index (χ0) is 24.0. The van der Waals surface area contributed by atoms with E-state index in [2.05, 4.69) is 20.9 Å². The number of ether oxygens (including phenoxy) is 1. The van der Waals surface area contributed by atoms with Gasteiger partial charge in [-0.15, -0.1) is 5.10 Å². The quantitative estimate of drug-likeness (QED) is 0.461. The van der Waals surface area contributed by atoms with Crippen LogP contribution >= 0.6 is 0 Å². The molecule has 174 valence electrons. The van der Waals surface area contributed by atoms with Crippen LogP contribution in [0.3, 0.4) is 0 Å². The molecule has 0 saturated carbocycles. The number of methoxy groups -OCH3 is 1. The van der Waals surface area contributed by atoms with Crippen molar-refractivity contribution in [1.82, 2.24) is 19.6 Å². The van der Waals surface area contributed by atoms with E-state index in [-0.39, 0.29) is 18.0 Å². The van der Waals surface area contributed by atoms with Gasteiger partial charge in [0.25, 0.3) is 5.56 Å². The van der Waals surface area contributed by atoms with Crippen LogP contribution in [0, 0.1) is 26.6 Å². The number of aryl methyl sites for hydroxylation is 2. The van der Waals surface area contributed by atoms with Gasteiger partial charge >= 0.3 is 0 Å². The molecule has 1 aliphatic rings. The second-order valence-electron chi connectivity index (χ2n) is 8.79. The van der Waals surface area contributed by atoms with Crippen LogP contribution in [0.4, 0.5) is 10.2 Å². The van der Waals surface area contributed by atoms with E-state index in [9.17, 15) is 9.18 Å². The van der Waals surface area contributed by atoms with Gasteiger partial charge < -0.3 is 9.64 Å². The highest BCUT2D eigenvalue weighted by molar-refractivity contribution is 5.68. The molecule has 0 unspecified atom stereocenters. The fourth-order valence-electron chi connectivity index (χ4n) is 4.55. The number of anilines is 1. The van der Waals surface area contributed by atoms with E-state index in [1.807, 2.05) is 27.0 Å². The summed E-state index contributed by atoms with van der Waals surface area (Å²) < 4.78 is 20.4. The minimum absolute atomic E-state index is 0.232. The Labute approximate surface area is 196 Å². The highest BCUT2D eigenvalue weighted by Crippen LogP contribution is 2.30. The summed E-state index contributed by atoms with van der Waals surface area (Å²) in [5.74, 6) is 0.491. The van der Waals surface area contributed by atoms with Crippen molar-refractivity contribution in [2.45, 2.75) is 40.3 Å². The molecule has 34 heavy (non-hydrogen) atoms. The largest absolute Gasteiger partial charge is 0.378 e. The highest BCUT2D eigenvalue weighted by atomic mass is 19.1. The molecule has 0 N–H and O–H groups in total. The lowest BCUT2D eigenvalue weighted by Gasteiger charge is -2.31. The number of pyridine rings is 1. The summed E-state index contributed by atoms with van der Waals surface area (Å²) in [6.07, 6.45) is 2.58. The monoisotopic (exact) mass is 459 g/mol. The Morgan fingerprint density at radius 1 is 1.12 bits per heavy atom. The van der Waals surface area contributed by atoms with E-state index in [0.29, 0.717) is 17.9 Å². The van der Waals surface area contributed by atoms with Crippen LogP contribution in [-0.4, -0.2) is 33.2 Å². The summed E-state index contributed by atoms with van der Waals surface area (Å²) in [6, 6.07) is 8.35. The molecule has 5 rings (SSSR count). The van der Waals surface area contributed by atoms with E-state index >= 15 is 0 Å². The van der Waals surface area contributed by atoms with Crippen LogP contribution in [0.2, 0.25) is 0 Å². The van der Waals surface area contributed by atoms with E-state index < -0.39 is 0 Å². The van der Waals surface area contributed by atoms with Gasteiger partial charge in [-0.2, -0.15) is 4.52 Å². The van der Waals surface area contributed by atoms with E-state index in [4.69, 9.17) is 9.84 Å². The Hall–Kier alpha value is -3.65. The highest BCUT2D eigenvalue weighted by Gasteiger charge is 2.23. The first-order valence-electron chi connectivity index (χ1n) is 11.2. The molecule has 4 aromatic rings. The topological polar surface area (TPSA) is 72.6 Å². The first-order chi connectivity index (χ1) is 16.4. The van der Waals surface area contributed by atoms with Crippen LogP contribution in [0.1, 0.15) is 33.6 Å². The minimum Gasteiger partial charge on any atom is -0.378 e. The summed E-state index contributed by atoms with van der Waals surface area (Å²) in [5.41, 5.74) is 7.63. The first-order valence-corrected chi connectivity index (χ1v) is 11.2. The van der Waals surface area contributed by atoms with Crippen molar-refractivity contribution in [1.29, 1.82) is 0 Å². The normalized spacial score (nSPS) is 13.4. The lowest BCUT2D eigenvalue weighted by molar-refractivity contribution is 0.181. The molecule has 0 spiro atoms. The fraction of sp³-hybridized carbons (Fsp3) is 0.308. The second kappa shape index (κ2) is 8.61. The average molecular weight is 460 g/mol. The van der Waals surface area contributed by atoms with Crippen molar-refractivity contribution in [3.05, 3.63) is 86.3 Å². The molecule has 1 aliphatic heterocycles. The van der Waals surface area contributed by atoms with Gasteiger partial charge in [0.1, 0.15) is 5.82 Å². The van der Waals surface area contributed by atoms with Gasteiger partial charge in [0.05, 0.1) is 12.3 Å². The molecule has 0 radical (unpaired) electrons. The second-order valence-corrected chi connectivity index (χ2v) is 8.79. The van der Waals surface area contributed by atoms with E-state index in [1.165, 1.54) is 16.6 Å². The average Bonchev–Trinajstić information content (AvgIpc) is 2.83. The number of hydrogen-bond acceptors (Lipinski definition) is 6. The summed E-state index contributed by atoms with van der Waals surface area (Å²) >= 11 is 0. The van der Waals surface area contributed by atoms with Gasteiger partial charge in [-0.05, 0) is 55.7 Å². The van der Waals surface area contributed by atoms with Gasteiger partial charge in [-0.25, -0.2) is 9.37 Å². The number of hydrogen-bond donors (Lipinski definition) is 0. The van der Waals surface area contributed by atoms with Gasteiger partial charge in [-0.3, -0.25) is 9.78 Å². The minimum atomic E-state index is -0.265. The predicted molar refractivity (Wildman–Crippen MR) is 129 cm³/mol. The molecule has 0 aliphatic carbocycles. The molecule has 0 amide bonds. The third-order valence-corrected chi connectivity index (χ3v) is 6.52. The Kier molecular flexibility index (Phi) is 5.61. The van der Waals surface area contributed by atoms with Crippen LogP contribution in [0.25, 0.3) is 16.8 Å². The number of halogens is 1. The number of rotatable bonds is 4. The van der Waals surface area contributed by atoms with Crippen LogP contribution in [-0.2, 0) is 24.3 Å². The first kappa shape index (κ1) is 22.2. The molecule has 0 bridgehead atoms. The van der Waals surface area contributed by atoms with Crippen molar-refractivity contribution < 1.29 is 9.13 Å². The molecular formula is C26H26FN5O2. The molecule has 4 heterocycles. The van der Waals surface area contributed by atoms with Crippen molar-refractivity contribution in [3.63, 3.8) is 0 Å². The molecule has 0 saturated heterocycles. The summed E-state index contributed by atoms with van der Waals surface area (Å²) in [7, 11) is 1.58. The van der Waals surface area contributed by atoms with Gasteiger partial charge in [-0.1, -0.05) is 6.07 Å². The number of aromatic nitrogens is 4. The van der Waals surface area contributed by atoms with Gasteiger partial charge in [0.15, 0.2) is 11.5 Å². The standard InChI is InChI=1S/C26H26FN5O2/c1-15-5-6-20(27)10-22(15)18-9-19-13-31(8-7-23(19)28-12-18)26-17(3)16(2)25-29-21(14-34-4)11-24(33)32(25)30-26/h5-6,9-12H,7-8,13-14H2,1-4H3. The van der Waals surface area contributed by atoms with Gasteiger partial charge in [0, 0.05) is 61.3 Å². The van der Waals surface area contributed by atoms with Crippen molar-refractivity contribution in [2.24, 2.45) is 0 Å². The van der Waals surface area contributed by atoms with E-state index in [0.717, 1.165) is 57.9 Å². The number of benzene rings is 1. The third-order valence-electron chi connectivity index (χ3n) is 6.52. The Morgan fingerprint density at radius 3 is 2.74 bits per heavy atom. The van der Waals surface area contributed by atoms with Crippen LogP contribution in [0.5, 0.6) is 0 Å². The maximum absolute atomic E-state index is 13.9. The van der Waals surface area contributed by atoms with Gasteiger partial charge in [0.2, 0.25) is 0 Å². The van der Waals surface area contributed by atoms with Crippen molar-refractivity contribution >= 4 is 11.5 Å². The van der Waals surface area contributed by atoms with Crippen LogP contribution < -0.4 is 10.5 Å². The maximum atomic E-state index is 13.9. The molecule has 7 nitrogen and oxygen atoms in total. The number of nitrogens with zero attached hydrogens (tertiary/aromatic N) is 5. The summed E-state index contributed by atoms with van der Waals surface area (Å²) in [6.45, 7) is 7.55. The molecule has 0 fully saturated rings.